The van der Waals surface area contributed by atoms with Crippen molar-refractivity contribution in [2.45, 2.75) is 42.8 Å². The van der Waals surface area contributed by atoms with Gasteiger partial charge < -0.3 is 5.11 Å². The molecular formula is C22H28OSSi. The summed E-state index contributed by atoms with van der Waals surface area (Å²) in [6, 6.07) is 21.9. The van der Waals surface area contributed by atoms with Crippen molar-refractivity contribution in [2.75, 3.05) is 5.75 Å². The van der Waals surface area contributed by atoms with E-state index in [1.807, 2.05) is 0 Å². The van der Waals surface area contributed by atoms with E-state index in [2.05, 4.69) is 85.5 Å². The third kappa shape index (κ3) is 3.22. The van der Waals surface area contributed by atoms with Crippen LogP contribution in [0.4, 0.5) is 0 Å². The van der Waals surface area contributed by atoms with Gasteiger partial charge in [0.05, 0.1) is 14.2 Å². The van der Waals surface area contributed by atoms with Crippen LogP contribution >= 0.6 is 11.8 Å². The zero-order valence-corrected chi connectivity index (χ0v) is 17.0. The maximum absolute atomic E-state index is 10.9. The lowest BCUT2D eigenvalue weighted by molar-refractivity contribution is 0.123. The third-order valence-corrected chi connectivity index (χ3v) is 12.4. The number of benzene rings is 2. The van der Waals surface area contributed by atoms with Crippen LogP contribution in [-0.4, -0.2) is 30.3 Å². The molecule has 1 saturated carbocycles. The first-order valence-electron chi connectivity index (χ1n) is 9.46. The van der Waals surface area contributed by atoms with Gasteiger partial charge in [-0.15, -0.1) is 0 Å². The van der Waals surface area contributed by atoms with Gasteiger partial charge in [0.2, 0.25) is 0 Å². The fourth-order valence-corrected chi connectivity index (χ4v) is 10.9. The van der Waals surface area contributed by atoms with Crippen molar-refractivity contribution in [3.8, 4) is 0 Å². The second kappa shape index (κ2) is 6.94. The minimum Gasteiger partial charge on any atom is -0.393 e. The summed E-state index contributed by atoms with van der Waals surface area (Å²) in [5, 5.41) is 13.1. The molecule has 1 saturated heterocycles. The topological polar surface area (TPSA) is 20.2 Å². The number of aliphatic hydroxyl groups is 1. The van der Waals surface area contributed by atoms with Crippen molar-refractivity contribution < 1.29 is 5.11 Å². The monoisotopic (exact) mass is 368 g/mol. The highest BCUT2D eigenvalue weighted by Gasteiger charge is 2.55. The Morgan fingerprint density at radius 3 is 2.32 bits per heavy atom. The smallest absolute Gasteiger partial charge is 0.0840 e. The summed E-state index contributed by atoms with van der Waals surface area (Å²) in [7, 11) is -1.57. The van der Waals surface area contributed by atoms with Gasteiger partial charge in [0, 0.05) is 11.2 Å². The molecule has 0 amide bonds. The molecule has 2 aromatic rings. The Hall–Kier alpha value is -1.03. The van der Waals surface area contributed by atoms with E-state index in [-0.39, 0.29) is 6.10 Å². The van der Waals surface area contributed by atoms with Crippen molar-refractivity contribution in [3.05, 3.63) is 66.2 Å². The molecule has 1 aliphatic heterocycles. The Labute approximate surface area is 156 Å². The van der Waals surface area contributed by atoms with Gasteiger partial charge in [-0.25, -0.2) is 0 Å². The normalized spacial score (nSPS) is 31.9. The van der Waals surface area contributed by atoms with Crippen LogP contribution in [0.1, 0.15) is 12.0 Å². The molecule has 1 nitrogen and oxygen atoms in total. The van der Waals surface area contributed by atoms with Crippen molar-refractivity contribution in [2.24, 2.45) is 11.8 Å². The summed E-state index contributed by atoms with van der Waals surface area (Å²) in [5.74, 6) is 2.40. The zero-order valence-electron chi connectivity index (χ0n) is 15.1. The van der Waals surface area contributed by atoms with E-state index in [4.69, 9.17) is 0 Å². The minimum absolute atomic E-state index is 0.116. The number of rotatable bonds is 4. The highest BCUT2D eigenvalue weighted by molar-refractivity contribution is 8.00. The van der Waals surface area contributed by atoms with Gasteiger partial charge in [0.25, 0.3) is 0 Å². The molecule has 0 unspecified atom stereocenters. The number of hydrogen-bond donors (Lipinski definition) is 1. The van der Waals surface area contributed by atoms with Crippen molar-refractivity contribution >= 4 is 25.0 Å². The van der Waals surface area contributed by atoms with Crippen LogP contribution in [0.15, 0.2) is 60.7 Å². The van der Waals surface area contributed by atoms with E-state index in [0.717, 1.165) is 12.8 Å². The van der Waals surface area contributed by atoms with Crippen LogP contribution in [0.5, 0.6) is 0 Å². The van der Waals surface area contributed by atoms with E-state index in [1.165, 1.54) is 11.3 Å². The maximum atomic E-state index is 10.9. The van der Waals surface area contributed by atoms with Gasteiger partial charge in [-0.05, 0) is 35.6 Å². The van der Waals surface area contributed by atoms with Crippen LogP contribution in [-0.2, 0) is 6.42 Å². The Morgan fingerprint density at radius 1 is 1.00 bits per heavy atom. The van der Waals surface area contributed by atoms with Gasteiger partial charge >= 0.3 is 0 Å². The molecule has 1 N–H and O–H groups in total. The Kier molecular flexibility index (Phi) is 4.82. The second-order valence-corrected chi connectivity index (χ2v) is 14.3. The molecule has 0 aromatic heterocycles. The van der Waals surface area contributed by atoms with E-state index in [0.29, 0.717) is 22.6 Å². The van der Waals surface area contributed by atoms with Crippen LogP contribution < -0.4 is 5.19 Å². The Bertz CT molecular complexity index is 702. The summed E-state index contributed by atoms with van der Waals surface area (Å²) < 4.78 is 0. The van der Waals surface area contributed by atoms with Gasteiger partial charge in [-0.3, -0.25) is 0 Å². The van der Waals surface area contributed by atoms with Crippen molar-refractivity contribution in [1.82, 2.24) is 0 Å². The van der Waals surface area contributed by atoms with Crippen molar-refractivity contribution in [1.29, 1.82) is 0 Å². The molecule has 25 heavy (non-hydrogen) atoms. The molecule has 2 fully saturated rings. The van der Waals surface area contributed by atoms with Gasteiger partial charge in [-0.1, -0.05) is 78.9 Å². The summed E-state index contributed by atoms with van der Waals surface area (Å²) in [6.45, 7) is 5.02. The molecule has 0 spiro atoms. The SMILES string of the molecule is C[Si](C)(c1ccccc1)[C@H]1C[C@H](O)[C@H]2[C@@H]1CS[C@H]2Cc1ccccc1. The lowest BCUT2D eigenvalue weighted by Crippen LogP contribution is -2.47. The van der Waals surface area contributed by atoms with Crippen LogP contribution in [0.25, 0.3) is 0 Å². The first-order chi connectivity index (χ1) is 12.1. The summed E-state index contributed by atoms with van der Waals surface area (Å²) in [6.07, 6.45) is 1.99. The molecule has 3 heteroatoms. The molecule has 2 aromatic carbocycles. The standard InChI is InChI=1S/C22H28OSSi/c1-25(2,17-11-7-4-8-12-17)21-14-19(23)22-18(21)15-24-20(22)13-16-9-5-3-6-10-16/h3-12,18-23H,13-15H2,1-2H3/t18-,19+,20+,21+,22-/m1/s1. The summed E-state index contributed by atoms with van der Waals surface area (Å²) >= 11 is 2.11. The van der Waals surface area contributed by atoms with E-state index < -0.39 is 8.07 Å². The van der Waals surface area contributed by atoms with Crippen LogP contribution in [0, 0.1) is 11.8 Å². The second-order valence-electron chi connectivity index (χ2n) is 8.30. The molecule has 0 bridgehead atoms. The van der Waals surface area contributed by atoms with Crippen LogP contribution in [0.3, 0.4) is 0 Å². The molecule has 132 valence electrons. The number of aliphatic hydroxyl groups excluding tert-OH is 1. The third-order valence-electron chi connectivity index (χ3n) is 6.61. The highest BCUT2D eigenvalue weighted by Crippen LogP contribution is 2.56. The first-order valence-corrected chi connectivity index (χ1v) is 13.6. The quantitative estimate of drug-likeness (QED) is 0.811. The number of fused-ring (bicyclic) bond motifs is 1. The van der Waals surface area contributed by atoms with Crippen molar-refractivity contribution in [3.63, 3.8) is 0 Å². The van der Waals surface area contributed by atoms with Crippen LogP contribution in [0.2, 0.25) is 18.6 Å². The molecule has 0 radical (unpaired) electrons. The predicted octanol–water partition coefficient (Wildman–Crippen LogP) is 4.33. The van der Waals surface area contributed by atoms with E-state index in [9.17, 15) is 5.11 Å². The van der Waals surface area contributed by atoms with Gasteiger partial charge in [0.15, 0.2) is 0 Å². The molecular weight excluding hydrogens is 340 g/mol. The fraction of sp³-hybridized carbons (Fsp3) is 0.455. The lowest BCUT2D eigenvalue weighted by atomic mass is 9.90. The molecule has 1 aliphatic carbocycles. The Balaban J connectivity index is 1.55. The average molecular weight is 369 g/mol. The zero-order chi connectivity index (χ0) is 17.4. The Morgan fingerprint density at radius 2 is 1.64 bits per heavy atom. The highest BCUT2D eigenvalue weighted by atomic mass is 32.2. The largest absolute Gasteiger partial charge is 0.393 e. The molecule has 4 rings (SSSR count). The predicted molar refractivity (Wildman–Crippen MR) is 111 cm³/mol. The lowest BCUT2D eigenvalue weighted by Gasteiger charge is -2.34. The minimum atomic E-state index is -1.57. The average Bonchev–Trinajstić information content (AvgIpc) is 3.19. The van der Waals surface area contributed by atoms with E-state index in [1.54, 1.807) is 5.19 Å². The van der Waals surface area contributed by atoms with Gasteiger partial charge in [0.1, 0.15) is 0 Å². The summed E-state index contributed by atoms with van der Waals surface area (Å²) in [5.41, 5.74) is 2.11. The first kappa shape index (κ1) is 17.4. The summed E-state index contributed by atoms with van der Waals surface area (Å²) in [4.78, 5) is 0. The molecule has 2 aliphatic rings. The number of thioether (sulfide) groups is 1. The molecule has 5 atom stereocenters. The van der Waals surface area contributed by atoms with Gasteiger partial charge in [-0.2, -0.15) is 11.8 Å². The maximum Gasteiger partial charge on any atom is 0.0840 e. The fourth-order valence-electron chi connectivity index (χ4n) is 5.20. The van der Waals surface area contributed by atoms with E-state index >= 15 is 0 Å². The number of hydrogen-bond acceptors (Lipinski definition) is 2. The molecule has 1 heterocycles.